The Bertz CT molecular complexity index is 899. The van der Waals surface area contributed by atoms with Crippen molar-refractivity contribution in [3.63, 3.8) is 0 Å². The number of nitrogens with one attached hydrogen (secondary N) is 2. The summed E-state index contributed by atoms with van der Waals surface area (Å²) in [5.74, 6) is 0. The number of benzene rings is 3. The van der Waals surface area contributed by atoms with Crippen LogP contribution in [0.25, 0.3) is 11.1 Å². The van der Waals surface area contributed by atoms with Crippen LogP contribution in [0.1, 0.15) is 19.3 Å². The van der Waals surface area contributed by atoms with Gasteiger partial charge in [-0.15, -0.1) is 0 Å². The fourth-order valence-electron chi connectivity index (χ4n) is 3.58. The lowest BCUT2D eigenvalue weighted by atomic mass is 10.1. The first-order valence-electron chi connectivity index (χ1n) is 9.86. The first kappa shape index (κ1) is 18.1. The second kappa shape index (κ2) is 8.61. The molecule has 1 aliphatic heterocycles. The van der Waals surface area contributed by atoms with Gasteiger partial charge in [0.15, 0.2) is 0 Å². The highest BCUT2D eigenvalue weighted by Crippen LogP contribution is 2.23. The fraction of sp³-hybridized carbons (Fsp3) is 0.208. The number of carbonyl (C=O) groups is 1. The highest BCUT2D eigenvalue weighted by Gasteiger charge is 2.11. The maximum absolute atomic E-state index is 12.3. The minimum Gasteiger partial charge on any atom is -0.372 e. The topological polar surface area (TPSA) is 44.4 Å². The van der Waals surface area contributed by atoms with Crippen molar-refractivity contribution in [2.75, 3.05) is 28.6 Å². The van der Waals surface area contributed by atoms with E-state index in [1.54, 1.807) is 0 Å². The lowest BCUT2D eigenvalue weighted by Gasteiger charge is -2.28. The van der Waals surface area contributed by atoms with E-state index in [4.69, 9.17) is 0 Å². The average Bonchev–Trinajstić information content (AvgIpc) is 2.76. The van der Waals surface area contributed by atoms with Gasteiger partial charge < -0.3 is 15.5 Å². The van der Waals surface area contributed by atoms with Gasteiger partial charge in [-0.1, -0.05) is 42.5 Å². The lowest BCUT2D eigenvalue weighted by Crippen LogP contribution is -2.29. The van der Waals surface area contributed by atoms with Crippen LogP contribution in [0, 0.1) is 0 Å². The predicted molar refractivity (Wildman–Crippen MR) is 117 cm³/mol. The van der Waals surface area contributed by atoms with Crippen molar-refractivity contribution in [2.45, 2.75) is 19.3 Å². The van der Waals surface area contributed by atoms with Crippen LogP contribution in [-0.4, -0.2) is 19.1 Å². The average molecular weight is 371 g/mol. The SMILES string of the molecule is O=C(Nc1ccc(-c2ccccc2)cc1)Nc1ccc(N2CCCCC2)cc1. The maximum Gasteiger partial charge on any atom is 0.323 e. The number of carbonyl (C=O) groups excluding carboxylic acids is 1. The van der Waals surface area contributed by atoms with Crippen LogP contribution in [0.15, 0.2) is 78.9 Å². The monoisotopic (exact) mass is 371 g/mol. The molecule has 0 radical (unpaired) electrons. The standard InChI is InChI=1S/C24H25N3O/c28-24(25-21-11-9-20(10-12-21)19-7-3-1-4-8-19)26-22-13-15-23(16-14-22)27-17-5-2-6-18-27/h1,3-4,7-16H,2,5-6,17-18H2,(H2,25,26,28). The van der Waals surface area contributed by atoms with E-state index in [2.05, 4.69) is 39.8 Å². The van der Waals surface area contributed by atoms with Crippen LogP contribution in [0.2, 0.25) is 0 Å². The summed E-state index contributed by atoms with van der Waals surface area (Å²) in [6, 6.07) is 25.9. The van der Waals surface area contributed by atoms with Crippen molar-refractivity contribution < 1.29 is 4.79 Å². The molecular formula is C24H25N3O. The van der Waals surface area contributed by atoms with E-state index in [1.165, 1.54) is 24.9 Å². The third kappa shape index (κ3) is 4.52. The van der Waals surface area contributed by atoms with Crippen molar-refractivity contribution >= 4 is 23.1 Å². The molecule has 0 atom stereocenters. The first-order valence-corrected chi connectivity index (χ1v) is 9.86. The summed E-state index contributed by atoms with van der Waals surface area (Å²) in [5, 5.41) is 5.78. The molecule has 28 heavy (non-hydrogen) atoms. The molecule has 0 bridgehead atoms. The summed E-state index contributed by atoms with van der Waals surface area (Å²) in [4.78, 5) is 14.7. The minimum absolute atomic E-state index is 0.238. The Balaban J connectivity index is 1.34. The van der Waals surface area contributed by atoms with Gasteiger partial charge in [-0.05, 0) is 66.8 Å². The number of piperidine rings is 1. The Labute approximate surface area is 166 Å². The highest BCUT2D eigenvalue weighted by molar-refractivity contribution is 5.99. The largest absolute Gasteiger partial charge is 0.372 e. The van der Waals surface area contributed by atoms with Gasteiger partial charge in [0.25, 0.3) is 0 Å². The van der Waals surface area contributed by atoms with Gasteiger partial charge in [0.05, 0.1) is 0 Å². The molecule has 0 aliphatic carbocycles. The van der Waals surface area contributed by atoms with E-state index in [0.717, 1.165) is 35.6 Å². The van der Waals surface area contributed by atoms with Crippen molar-refractivity contribution in [3.8, 4) is 11.1 Å². The molecule has 4 nitrogen and oxygen atoms in total. The molecule has 0 aromatic heterocycles. The highest BCUT2D eigenvalue weighted by atomic mass is 16.2. The number of urea groups is 1. The molecule has 2 N–H and O–H groups in total. The van der Waals surface area contributed by atoms with Gasteiger partial charge in [-0.25, -0.2) is 4.79 Å². The van der Waals surface area contributed by atoms with Crippen LogP contribution >= 0.6 is 0 Å². The zero-order chi connectivity index (χ0) is 19.2. The summed E-state index contributed by atoms with van der Waals surface area (Å²) < 4.78 is 0. The molecule has 4 rings (SSSR count). The third-order valence-corrected chi connectivity index (χ3v) is 5.10. The Hall–Kier alpha value is -3.27. The van der Waals surface area contributed by atoms with E-state index in [0.29, 0.717) is 0 Å². The van der Waals surface area contributed by atoms with Crippen LogP contribution in [0.4, 0.5) is 21.9 Å². The maximum atomic E-state index is 12.3. The van der Waals surface area contributed by atoms with Crippen molar-refractivity contribution in [3.05, 3.63) is 78.9 Å². The van der Waals surface area contributed by atoms with Gasteiger partial charge in [0.2, 0.25) is 0 Å². The van der Waals surface area contributed by atoms with E-state index < -0.39 is 0 Å². The van der Waals surface area contributed by atoms with E-state index in [-0.39, 0.29) is 6.03 Å². The molecule has 4 heteroatoms. The number of hydrogen-bond acceptors (Lipinski definition) is 2. The zero-order valence-electron chi connectivity index (χ0n) is 15.9. The van der Waals surface area contributed by atoms with Crippen LogP contribution in [0.3, 0.4) is 0 Å². The van der Waals surface area contributed by atoms with E-state index >= 15 is 0 Å². The number of amides is 2. The van der Waals surface area contributed by atoms with Crippen molar-refractivity contribution in [2.24, 2.45) is 0 Å². The molecule has 0 unspecified atom stereocenters. The second-order valence-corrected chi connectivity index (χ2v) is 7.12. The molecule has 3 aromatic rings. The number of anilines is 3. The smallest absolute Gasteiger partial charge is 0.323 e. The molecule has 1 aliphatic rings. The molecule has 0 spiro atoms. The Morgan fingerprint density at radius 2 is 1.18 bits per heavy atom. The molecular weight excluding hydrogens is 346 g/mol. The van der Waals surface area contributed by atoms with Gasteiger partial charge in [0.1, 0.15) is 0 Å². The number of hydrogen-bond donors (Lipinski definition) is 2. The van der Waals surface area contributed by atoms with Gasteiger partial charge in [-0.2, -0.15) is 0 Å². The van der Waals surface area contributed by atoms with Gasteiger partial charge in [-0.3, -0.25) is 0 Å². The summed E-state index contributed by atoms with van der Waals surface area (Å²) in [7, 11) is 0. The summed E-state index contributed by atoms with van der Waals surface area (Å²) in [5.41, 5.74) is 5.07. The quantitative estimate of drug-likeness (QED) is 0.592. The zero-order valence-corrected chi connectivity index (χ0v) is 15.9. The van der Waals surface area contributed by atoms with E-state index in [9.17, 15) is 4.79 Å². The Kier molecular flexibility index (Phi) is 5.57. The van der Waals surface area contributed by atoms with Crippen LogP contribution < -0.4 is 15.5 Å². The van der Waals surface area contributed by atoms with Crippen molar-refractivity contribution in [1.29, 1.82) is 0 Å². The molecule has 1 saturated heterocycles. The minimum atomic E-state index is -0.238. The van der Waals surface area contributed by atoms with Gasteiger partial charge >= 0.3 is 6.03 Å². The molecule has 1 heterocycles. The summed E-state index contributed by atoms with van der Waals surface area (Å²) in [6.45, 7) is 2.23. The molecule has 142 valence electrons. The Morgan fingerprint density at radius 3 is 1.79 bits per heavy atom. The Morgan fingerprint density at radius 1 is 0.643 bits per heavy atom. The van der Waals surface area contributed by atoms with E-state index in [1.807, 2.05) is 54.6 Å². The third-order valence-electron chi connectivity index (χ3n) is 5.10. The molecule has 3 aromatic carbocycles. The normalized spacial score (nSPS) is 13.8. The lowest BCUT2D eigenvalue weighted by molar-refractivity contribution is 0.262. The predicted octanol–water partition coefficient (Wildman–Crippen LogP) is 5.99. The van der Waals surface area contributed by atoms with Crippen molar-refractivity contribution in [1.82, 2.24) is 0 Å². The van der Waals surface area contributed by atoms with Crippen LogP contribution in [-0.2, 0) is 0 Å². The molecule has 2 amide bonds. The first-order chi connectivity index (χ1) is 13.8. The molecule has 0 saturated carbocycles. The number of nitrogens with zero attached hydrogens (tertiary/aromatic N) is 1. The van der Waals surface area contributed by atoms with Gasteiger partial charge in [0, 0.05) is 30.2 Å². The summed E-state index contributed by atoms with van der Waals surface area (Å²) >= 11 is 0. The molecule has 1 fully saturated rings. The van der Waals surface area contributed by atoms with Crippen LogP contribution in [0.5, 0.6) is 0 Å². The summed E-state index contributed by atoms with van der Waals surface area (Å²) in [6.07, 6.45) is 3.83. The number of rotatable bonds is 4. The second-order valence-electron chi connectivity index (χ2n) is 7.12. The fourth-order valence-corrected chi connectivity index (χ4v) is 3.58.